The first-order chi connectivity index (χ1) is 12.2. The van der Waals surface area contributed by atoms with Crippen LogP contribution in [0.3, 0.4) is 0 Å². The molecular weight excluding hydrogens is 352 g/mol. The van der Waals surface area contributed by atoms with Crippen molar-refractivity contribution in [1.82, 2.24) is 20.2 Å². The van der Waals surface area contributed by atoms with Crippen molar-refractivity contribution in [3.8, 4) is 0 Å². The van der Waals surface area contributed by atoms with E-state index in [-0.39, 0.29) is 5.56 Å². The minimum atomic E-state index is -0.583. The van der Waals surface area contributed by atoms with Gasteiger partial charge >= 0.3 is 6.03 Å². The van der Waals surface area contributed by atoms with Crippen LogP contribution in [0.15, 0.2) is 28.2 Å². The maximum absolute atomic E-state index is 12.5. The maximum atomic E-state index is 12.5. The Morgan fingerprint density at radius 1 is 1.27 bits per heavy atom. The molecule has 2 aromatic rings. The average Bonchev–Trinajstić information content (AvgIpc) is 2.58. The molecule has 140 valence electrons. The number of carbonyl (C=O) groups excluding carboxylic acids is 2. The summed E-state index contributed by atoms with van der Waals surface area (Å²) >= 11 is 1.14. The lowest BCUT2D eigenvalue weighted by atomic mass is 10.2. The van der Waals surface area contributed by atoms with Crippen molar-refractivity contribution >= 4 is 34.6 Å². The van der Waals surface area contributed by atoms with Gasteiger partial charge < -0.3 is 5.32 Å². The molecule has 1 unspecified atom stereocenters. The molecule has 1 aromatic carbocycles. The van der Waals surface area contributed by atoms with Crippen LogP contribution >= 0.6 is 11.8 Å². The van der Waals surface area contributed by atoms with Crippen LogP contribution in [0, 0.1) is 12.8 Å². The largest absolute Gasteiger partial charge is 0.338 e. The highest BCUT2D eigenvalue weighted by molar-refractivity contribution is 8.00. The summed E-state index contributed by atoms with van der Waals surface area (Å²) in [5.74, 6) is -0.142. The molecule has 8 heteroatoms. The molecule has 2 rings (SSSR count). The van der Waals surface area contributed by atoms with E-state index in [1.54, 1.807) is 26.1 Å². The molecule has 3 amide bonds. The topological polar surface area (TPSA) is 93.1 Å². The molecule has 1 heterocycles. The van der Waals surface area contributed by atoms with Gasteiger partial charge in [0.1, 0.15) is 0 Å². The number of fused-ring (bicyclic) bond motifs is 1. The average molecular weight is 376 g/mol. The van der Waals surface area contributed by atoms with Gasteiger partial charge in [-0.3, -0.25) is 19.5 Å². The Morgan fingerprint density at radius 2 is 1.96 bits per heavy atom. The van der Waals surface area contributed by atoms with Crippen LogP contribution in [0.2, 0.25) is 0 Å². The number of urea groups is 1. The maximum Gasteiger partial charge on any atom is 0.321 e. The summed E-state index contributed by atoms with van der Waals surface area (Å²) in [6.45, 7) is 8.00. The third-order valence-electron chi connectivity index (χ3n) is 3.75. The second kappa shape index (κ2) is 8.35. The van der Waals surface area contributed by atoms with Crippen LogP contribution in [0.5, 0.6) is 0 Å². The van der Waals surface area contributed by atoms with Gasteiger partial charge in [-0.1, -0.05) is 37.2 Å². The van der Waals surface area contributed by atoms with Gasteiger partial charge in [-0.2, -0.15) is 0 Å². The number of nitrogens with zero attached hydrogens (tertiary/aromatic N) is 2. The molecule has 0 fully saturated rings. The van der Waals surface area contributed by atoms with Crippen molar-refractivity contribution in [3.05, 3.63) is 34.1 Å². The monoisotopic (exact) mass is 376 g/mol. The highest BCUT2D eigenvalue weighted by Gasteiger charge is 2.20. The number of aryl methyl sites for hydroxylation is 1. The Morgan fingerprint density at radius 3 is 2.62 bits per heavy atom. The molecule has 26 heavy (non-hydrogen) atoms. The molecule has 0 spiro atoms. The number of rotatable bonds is 5. The van der Waals surface area contributed by atoms with Gasteiger partial charge in [0, 0.05) is 13.6 Å². The predicted octanol–water partition coefficient (Wildman–Crippen LogP) is 2.20. The summed E-state index contributed by atoms with van der Waals surface area (Å²) < 4.78 is 1.43. The lowest BCUT2D eigenvalue weighted by molar-refractivity contribution is -0.119. The zero-order chi connectivity index (χ0) is 19.4. The highest BCUT2D eigenvalue weighted by atomic mass is 32.2. The molecule has 0 bridgehead atoms. The predicted molar refractivity (Wildman–Crippen MR) is 103 cm³/mol. The molecule has 0 aliphatic carbocycles. The van der Waals surface area contributed by atoms with Gasteiger partial charge in [0.05, 0.1) is 16.2 Å². The lowest BCUT2D eigenvalue weighted by Gasteiger charge is -2.14. The molecule has 0 saturated carbocycles. The second-order valence-electron chi connectivity index (χ2n) is 6.63. The van der Waals surface area contributed by atoms with Crippen LogP contribution in [-0.4, -0.2) is 33.3 Å². The zero-order valence-corrected chi connectivity index (χ0v) is 16.4. The van der Waals surface area contributed by atoms with Gasteiger partial charge in [-0.15, -0.1) is 0 Å². The first-order valence-corrected chi connectivity index (χ1v) is 9.29. The molecule has 1 atom stereocenters. The summed E-state index contributed by atoms with van der Waals surface area (Å²) in [4.78, 5) is 40.9. The summed E-state index contributed by atoms with van der Waals surface area (Å²) in [7, 11) is 1.62. The van der Waals surface area contributed by atoms with Gasteiger partial charge in [0.2, 0.25) is 5.91 Å². The molecular formula is C18H24N4O3S. The zero-order valence-electron chi connectivity index (χ0n) is 15.6. The SMILES string of the molecule is Cc1ccc2nc(SC(C)C(=O)NC(=O)NCC(C)C)n(C)c(=O)c2c1. The molecule has 0 aliphatic heterocycles. The summed E-state index contributed by atoms with van der Waals surface area (Å²) in [5.41, 5.74) is 1.41. The number of imide groups is 1. The third kappa shape index (κ3) is 4.85. The van der Waals surface area contributed by atoms with Crippen LogP contribution < -0.4 is 16.2 Å². The van der Waals surface area contributed by atoms with Crippen molar-refractivity contribution in [2.24, 2.45) is 13.0 Å². The molecule has 1 aromatic heterocycles. The van der Waals surface area contributed by atoms with E-state index in [0.29, 0.717) is 28.5 Å². The Balaban J connectivity index is 2.13. The van der Waals surface area contributed by atoms with E-state index < -0.39 is 17.2 Å². The van der Waals surface area contributed by atoms with E-state index in [1.165, 1.54) is 4.57 Å². The minimum absolute atomic E-state index is 0.163. The van der Waals surface area contributed by atoms with E-state index in [4.69, 9.17) is 0 Å². The van der Waals surface area contributed by atoms with Crippen LogP contribution in [0.1, 0.15) is 26.3 Å². The third-order valence-corrected chi connectivity index (χ3v) is 4.89. The van der Waals surface area contributed by atoms with E-state index >= 15 is 0 Å². The second-order valence-corrected chi connectivity index (χ2v) is 7.94. The van der Waals surface area contributed by atoms with E-state index in [2.05, 4.69) is 15.6 Å². The molecule has 0 aliphatic rings. The fraction of sp³-hybridized carbons (Fsp3) is 0.444. The fourth-order valence-electron chi connectivity index (χ4n) is 2.24. The van der Waals surface area contributed by atoms with Crippen molar-refractivity contribution in [2.75, 3.05) is 6.54 Å². The number of aromatic nitrogens is 2. The molecule has 0 radical (unpaired) electrons. The van der Waals surface area contributed by atoms with Crippen LogP contribution in [0.25, 0.3) is 10.9 Å². The van der Waals surface area contributed by atoms with Crippen LogP contribution in [0.4, 0.5) is 4.79 Å². The lowest BCUT2D eigenvalue weighted by Crippen LogP contribution is -2.43. The van der Waals surface area contributed by atoms with Crippen molar-refractivity contribution in [1.29, 1.82) is 0 Å². The number of benzene rings is 1. The van der Waals surface area contributed by atoms with Crippen LogP contribution in [-0.2, 0) is 11.8 Å². The number of carbonyl (C=O) groups is 2. The van der Waals surface area contributed by atoms with Crippen molar-refractivity contribution < 1.29 is 9.59 Å². The summed E-state index contributed by atoms with van der Waals surface area (Å²) in [6, 6.07) is 4.96. The minimum Gasteiger partial charge on any atom is -0.338 e. The Hall–Kier alpha value is -2.35. The van der Waals surface area contributed by atoms with Gasteiger partial charge in [0.25, 0.3) is 5.56 Å². The normalized spacial score (nSPS) is 12.2. The van der Waals surface area contributed by atoms with Gasteiger partial charge in [0.15, 0.2) is 5.16 Å². The Bertz CT molecular complexity index is 892. The van der Waals surface area contributed by atoms with E-state index in [0.717, 1.165) is 17.3 Å². The Kier molecular flexibility index (Phi) is 6.42. The summed E-state index contributed by atoms with van der Waals surface area (Å²) in [6.07, 6.45) is 0. The molecule has 2 N–H and O–H groups in total. The molecule has 7 nitrogen and oxygen atoms in total. The van der Waals surface area contributed by atoms with Gasteiger partial charge in [-0.25, -0.2) is 9.78 Å². The first-order valence-electron chi connectivity index (χ1n) is 8.41. The smallest absolute Gasteiger partial charge is 0.321 e. The van der Waals surface area contributed by atoms with Crippen molar-refractivity contribution in [2.45, 2.75) is 38.1 Å². The standard InChI is InChI=1S/C18H24N4O3S/c1-10(2)9-19-17(25)21-15(23)12(4)26-18-20-14-7-6-11(3)8-13(14)16(24)22(18)5/h6-8,10,12H,9H2,1-5H3,(H2,19,21,23,25). The fourth-order valence-corrected chi connectivity index (χ4v) is 3.11. The Labute approximate surface area is 156 Å². The summed E-state index contributed by atoms with van der Waals surface area (Å²) in [5, 5.41) is 5.33. The number of amides is 3. The number of thioether (sulfide) groups is 1. The van der Waals surface area contributed by atoms with E-state index in [9.17, 15) is 14.4 Å². The first kappa shape index (κ1) is 20.0. The molecule has 0 saturated heterocycles. The number of hydrogen-bond donors (Lipinski definition) is 2. The highest BCUT2D eigenvalue weighted by Crippen LogP contribution is 2.22. The quantitative estimate of drug-likeness (QED) is 0.616. The van der Waals surface area contributed by atoms with Gasteiger partial charge in [-0.05, 0) is 31.9 Å². The number of hydrogen-bond acceptors (Lipinski definition) is 5. The van der Waals surface area contributed by atoms with Crippen molar-refractivity contribution in [3.63, 3.8) is 0 Å². The van der Waals surface area contributed by atoms with E-state index in [1.807, 2.05) is 26.8 Å². The number of nitrogens with one attached hydrogen (secondary N) is 2.